The van der Waals surface area contributed by atoms with Gasteiger partial charge in [0.25, 0.3) is 0 Å². The molecule has 3 atom stereocenters. The second kappa shape index (κ2) is 7.22. The minimum atomic E-state index is -1.01. The third-order valence-electron chi connectivity index (χ3n) is 2.71. The van der Waals surface area contributed by atoms with E-state index in [2.05, 4.69) is 5.32 Å². The SMILES string of the molecule is CCC[C@H](N)C(=O)N[C@H](C(=O)O)C(C)CC. The van der Waals surface area contributed by atoms with Gasteiger partial charge < -0.3 is 16.2 Å². The van der Waals surface area contributed by atoms with E-state index >= 15 is 0 Å². The summed E-state index contributed by atoms with van der Waals surface area (Å²) in [5, 5.41) is 11.5. The van der Waals surface area contributed by atoms with E-state index in [9.17, 15) is 9.59 Å². The normalized spacial score (nSPS) is 16.2. The maximum Gasteiger partial charge on any atom is 0.326 e. The number of carbonyl (C=O) groups is 2. The number of carboxylic acids is 1. The fourth-order valence-corrected chi connectivity index (χ4v) is 1.39. The van der Waals surface area contributed by atoms with E-state index in [1.807, 2.05) is 13.8 Å². The molecule has 0 saturated carbocycles. The second-order valence-corrected chi connectivity index (χ2v) is 4.11. The molecule has 1 amide bonds. The first kappa shape index (κ1) is 14.9. The van der Waals surface area contributed by atoms with Crippen LogP contribution in [0.2, 0.25) is 0 Å². The highest BCUT2D eigenvalue weighted by atomic mass is 16.4. The Hall–Kier alpha value is -1.10. The molecule has 0 aliphatic heterocycles. The summed E-state index contributed by atoms with van der Waals surface area (Å²) >= 11 is 0. The lowest BCUT2D eigenvalue weighted by Crippen LogP contribution is -2.50. The molecule has 1 unspecified atom stereocenters. The topological polar surface area (TPSA) is 92.4 Å². The summed E-state index contributed by atoms with van der Waals surface area (Å²) in [5.41, 5.74) is 5.61. The van der Waals surface area contributed by atoms with Crippen LogP contribution in [0.5, 0.6) is 0 Å². The molecule has 0 spiro atoms. The average Bonchev–Trinajstić information content (AvgIpc) is 2.24. The van der Waals surface area contributed by atoms with Crippen LogP contribution in [0.1, 0.15) is 40.0 Å². The van der Waals surface area contributed by atoms with Gasteiger partial charge in [-0.15, -0.1) is 0 Å². The summed E-state index contributed by atoms with van der Waals surface area (Å²) in [6, 6.07) is -1.46. The molecule has 0 fully saturated rings. The predicted molar refractivity (Wildman–Crippen MR) is 61.9 cm³/mol. The molecule has 0 aromatic carbocycles. The van der Waals surface area contributed by atoms with Crippen molar-refractivity contribution in [2.45, 2.75) is 52.1 Å². The number of rotatable bonds is 7. The van der Waals surface area contributed by atoms with Crippen molar-refractivity contribution in [2.75, 3.05) is 0 Å². The van der Waals surface area contributed by atoms with Crippen LogP contribution in [0.15, 0.2) is 0 Å². The van der Waals surface area contributed by atoms with E-state index < -0.39 is 18.1 Å². The van der Waals surface area contributed by atoms with Gasteiger partial charge in [0.05, 0.1) is 6.04 Å². The molecule has 0 bridgehead atoms. The zero-order valence-electron chi connectivity index (χ0n) is 10.2. The Morgan fingerprint density at radius 1 is 1.38 bits per heavy atom. The van der Waals surface area contributed by atoms with Crippen LogP contribution in [0.3, 0.4) is 0 Å². The Bertz CT molecular complexity index is 243. The Morgan fingerprint density at radius 3 is 2.31 bits per heavy atom. The first-order chi connectivity index (χ1) is 7.43. The van der Waals surface area contributed by atoms with Crippen molar-refractivity contribution in [3.63, 3.8) is 0 Å². The molecule has 0 heterocycles. The van der Waals surface area contributed by atoms with Gasteiger partial charge in [0.15, 0.2) is 0 Å². The van der Waals surface area contributed by atoms with Gasteiger partial charge in [-0.1, -0.05) is 33.6 Å². The van der Waals surface area contributed by atoms with Crippen LogP contribution in [0.25, 0.3) is 0 Å². The van der Waals surface area contributed by atoms with Crippen molar-refractivity contribution in [2.24, 2.45) is 11.7 Å². The zero-order valence-corrected chi connectivity index (χ0v) is 10.2. The number of aliphatic carboxylic acids is 1. The molecule has 94 valence electrons. The van der Waals surface area contributed by atoms with Crippen LogP contribution in [0.4, 0.5) is 0 Å². The molecule has 0 radical (unpaired) electrons. The third kappa shape index (κ3) is 4.61. The van der Waals surface area contributed by atoms with Crippen molar-refractivity contribution in [1.82, 2.24) is 5.32 Å². The predicted octanol–water partition coefficient (Wildman–Crippen LogP) is 0.729. The number of amides is 1. The van der Waals surface area contributed by atoms with Gasteiger partial charge in [-0.2, -0.15) is 0 Å². The summed E-state index contributed by atoms with van der Waals surface area (Å²) in [5.74, 6) is -1.49. The van der Waals surface area contributed by atoms with Gasteiger partial charge in [0.2, 0.25) is 5.91 Å². The molecule has 0 saturated heterocycles. The van der Waals surface area contributed by atoms with E-state index in [-0.39, 0.29) is 11.8 Å². The lowest BCUT2D eigenvalue weighted by Gasteiger charge is -2.22. The van der Waals surface area contributed by atoms with Crippen molar-refractivity contribution in [3.8, 4) is 0 Å². The summed E-state index contributed by atoms with van der Waals surface area (Å²) < 4.78 is 0. The highest BCUT2D eigenvalue weighted by Crippen LogP contribution is 2.08. The monoisotopic (exact) mass is 230 g/mol. The number of carbonyl (C=O) groups excluding carboxylic acids is 1. The average molecular weight is 230 g/mol. The minimum Gasteiger partial charge on any atom is -0.480 e. The molecule has 0 aliphatic carbocycles. The smallest absolute Gasteiger partial charge is 0.326 e. The maximum atomic E-state index is 11.6. The molecule has 0 aromatic heterocycles. The summed E-state index contributed by atoms with van der Waals surface area (Å²) in [7, 11) is 0. The van der Waals surface area contributed by atoms with Crippen LogP contribution < -0.4 is 11.1 Å². The summed E-state index contributed by atoms with van der Waals surface area (Å²) in [4.78, 5) is 22.5. The molecular weight excluding hydrogens is 208 g/mol. The van der Waals surface area contributed by atoms with Gasteiger partial charge in [0, 0.05) is 0 Å². The largest absolute Gasteiger partial charge is 0.480 e. The lowest BCUT2D eigenvalue weighted by atomic mass is 9.98. The molecule has 5 nitrogen and oxygen atoms in total. The molecule has 16 heavy (non-hydrogen) atoms. The number of hydrogen-bond donors (Lipinski definition) is 3. The number of nitrogens with two attached hydrogens (primary N) is 1. The Labute approximate surface area is 96.4 Å². The number of carboxylic acid groups (broad SMARTS) is 1. The van der Waals surface area contributed by atoms with Crippen LogP contribution in [-0.4, -0.2) is 29.1 Å². The van der Waals surface area contributed by atoms with Crippen molar-refractivity contribution < 1.29 is 14.7 Å². The van der Waals surface area contributed by atoms with Crippen molar-refractivity contribution >= 4 is 11.9 Å². The fraction of sp³-hybridized carbons (Fsp3) is 0.818. The minimum absolute atomic E-state index is 0.102. The maximum absolute atomic E-state index is 11.6. The molecule has 0 aliphatic rings. The fourth-order valence-electron chi connectivity index (χ4n) is 1.39. The molecule has 0 rings (SSSR count). The molecule has 4 N–H and O–H groups in total. The summed E-state index contributed by atoms with van der Waals surface area (Å²) in [6.45, 7) is 5.61. The van der Waals surface area contributed by atoms with Crippen LogP contribution in [0, 0.1) is 5.92 Å². The van der Waals surface area contributed by atoms with Gasteiger partial charge in [0.1, 0.15) is 6.04 Å². The van der Waals surface area contributed by atoms with Gasteiger partial charge in [-0.3, -0.25) is 4.79 Å². The Balaban J connectivity index is 4.40. The Morgan fingerprint density at radius 2 is 1.94 bits per heavy atom. The van der Waals surface area contributed by atoms with Crippen LogP contribution in [-0.2, 0) is 9.59 Å². The van der Waals surface area contributed by atoms with Crippen molar-refractivity contribution in [1.29, 1.82) is 0 Å². The van der Waals surface area contributed by atoms with Crippen LogP contribution >= 0.6 is 0 Å². The van der Waals surface area contributed by atoms with Gasteiger partial charge in [-0.25, -0.2) is 4.79 Å². The van der Waals surface area contributed by atoms with Gasteiger partial charge in [-0.05, 0) is 12.3 Å². The van der Waals surface area contributed by atoms with E-state index in [4.69, 9.17) is 10.8 Å². The van der Waals surface area contributed by atoms with E-state index in [1.54, 1.807) is 6.92 Å². The molecule has 0 aromatic rings. The number of hydrogen-bond acceptors (Lipinski definition) is 3. The molecule has 5 heteroatoms. The van der Waals surface area contributed by atoms with Gasteiger partial charge >= 0.3 is 5.97 Å². The zero-order chi connectivity index (χ0) is 12.7. The molecular formula is C11H22N2O3. The standard InChI is InChI=1S/C11H22N2O3/c1-4-6-8(12)10(14)13-9(11(15)16)7(3)5-2/h7-9H,4-6,12H2,1-3H3,(H,13,14)(H,15,16)/t7?,8-,9-/m0/s1. The Kier molecular flexibility index (Phi) is 6.72. The van der Waals surface area contributed by atoms with Crippen molar-refractivity contribution in [3.05, 3.63) is 0 Å². The highest BCUT2D eigenvalue weighted by molar-refractivity contribution is 5.86. The van der Waals surface area contributed by atoms with E-state index in [1.165, 1.54) is 0 Å². The van der Waals surface area contributed by atoms with E-state index in [0.717, 1.165) is 6.42 Å². The summed E-state index contributed by atoms with van der Waals surface area (Å²) in [6.07, 6.45) is 2.06. The lowest BCUT2D eigenvalue weighted by molar-refractivity contribution is -0.143. The van der Waals surface area contributed by atoms with E-state index in [0.29, 0.717) is 12.8 Å². The second-order valence-electron chi connectivity index (χ2n) is 4.11. The third-order valence-corrected chi connectivity index (χ3v) is 2.71. The highest BCUT2D eigenvalue weighted by Gasteiger charge is 2.26. The number of nitrogens with one attached hydrogen (secondary N) is 1. The quantitative estimate of drug-likeness (QED) is 0.601. The first-order valence-corrected chi connectivity index (χ1v) is 5.72. The first-order valence-electron chi connectivity index (χ1n) is 5.72.